The number of allylic oxidation sites excluding steroid dienone is 1. The molecule has 0 heterocycles. The molecule has 47 valence electrons. The van der Waals surface area contributed by atoms with Gasteiger partial charge in [-0.1, -0.05) is 13.0 Å². The molecule has 0 amide bonds. The third-order valence-electron chi connectivity index (χ3n) is 1.21. The Balaban J connectivity index is 3.72. The molecule has 8 heavy (non-hydrogen) atoms. The van der Waals surface area contributed by atoms with E-state index in [4.69, 9.17) is 5.11 Å². The number of rotatable bonds is 2. The first-order chi connectivity index (χ1) is 3.72. The summed E-state index contributed by atoms with van der Waals surface area (Å²) in [4.78, 5) is 0. The summed E-state index contributed by atoms with van der Waals surface area (Å²) in [5.74, 6) is 0. The summed E-state index contributed by atoms with van der Waals surface area (Å²) < 4.78 is 0. The monoisotopic (exact) mass is 113 g/mol. The van der Waals surface area contributed by atoms with Gasteiger partial charge in [0.15, 0.2) is 0 Å². The van der Waals surface area contributed by atoms with Gasteiger partial charge in [0.05, 0.1) is 6.10 Å². The molecule has 1 unspecified atom stereocenters. The van der Waals surface area contributed by atoms with Crippen molar-refractivity contribution in [1.29, 1.82) is 0 Å². The van der Waals surface area contributed by atoms with Gasteiger partial charge in [-0.3, -0.25) is 0 Å². The van der Waals surface area contributed by atoms with Crippen LogP contribution in [0.1, 0.15) is 20.3 Å². The van der Waals surface area contributed by atoms with Crippen molar-refractivity contribution in [3.05, 3.63) is 18.6 Å². The van der Waals surface area contributed by atoms with E-state index in [9.17, 15) is 0 Å². The van der Waals surface area contributed by atoms with Crippen LogP contribution in [-0.2, 0) is 0 Å². The van der Waals surface area contributed by atoms with Crippen LogP contribution in [0, 0.1) is 6.92 Å². The molecular weight excluding hydrogens is 100 g/mol. The summed E-state index contributed by atoms with van der Waals surface area (Å²) in [5, 5.41) is 8.83. The van der Waals surface area contributed by atoms with E-state index in [2.05, 4.69) is 6.92 Å². The summed E-state index contributed by atoms with van der Waals surface area (Å²) in [6, 6.07) is 0. The SMILES string of the molecule is [CH2]C(O)C(=CC)CC. The molecule has 1 nitrogen and oxygen atoms in total. The normalized spacial score (nSPS) is 16.2. The Labute approximate surface area is 51.0 Å². The highest BCUT2D eigenvalue weighted by atomic mass is 16.3. The van der Waals surface area contributed by atoms with E-state index in [0.29, 0.717) is 0 Å². The lowest BCUT2D eigenvalue weighted by Crippen LogP contribution is -2.02. The topological polar surface area (TPSA) is 20.2 Å². The lowest BCUT2D eigenvalue weighted by molar-refractivity contribution is 0.253. The Hall–Kier alpha value is -0.300. The maximum atomic E-state index is 8.83. The van der Waals surface area contributed by atoms with Crippen LogP contribution < -0.4 is 0 Å². The van der Waals surface area contributed by atoms with Crippen LogP contribution in [0.4, 0.5) is 0 Å². The smallest absolute Gasteiger partial charge is 0.0751 e. The molecule has 0 saturated heterocycles. The van der Waals surface area contributed by atoms with E-state index in [1.54, 1.807) is 0 Å². The molecule has 1 N–H and O–H groups in total. The van der Waals surface area contributed by atoms with E-state index in [-0.39, 0.29) is 0 Å². The number of aliphatic hydroxyl groups excluding tert-OH is 1. The Morgan fingerprint density at radius 2 is 2.38 bits per heavy atom. The van der Waals surface area contributed by atoms with Gasteiger partial charge in [0.2, 0.25) is 0 Å². The summed E-state index contributed by atoms with van der Waals surface area (Å²) in [5.41, 5.74) is 1.00. The maximum Gasteiger partial charge on any atom is 0.0751 e. The van der Waals surface area contributed by atoms with Gasteiger partial charge in [0.1, 0.15) is 0 Å². The van der Waals surface area contributed by atoms with Crippen molar-refractivity contribution in [2.24, 2.45) is 0 Å². The average Bonchev–Trinajstić information content (AvgIpc) is 1.69. The molecule has 0 fully saturated rings. The lowest BCUT2D eigenvalue weighted by atomic mass is 10.1. The molecule has 0 rings (SSSR count). The van der Waals surface area contributed by atoms with E-state index >= 15 is 0 Å². The summed E-state index contributed by atoms with van der Waals surface area (Å²) in [7, 11) is 0. The van der Waals surface area contributed by atoms with E-state index in [0.717, 1.165) is 12.0 Å². The highest BCUT2D eigenvalue weighted by Gasteiger charge is 1.97. The van der Waals surface area contributed by atoms with E-state index in [1.807, 2.05) is 19.9 Å². The molecule has 0 aromatic carbocycles. The van der Waals surface area contributed by atoms with Crippen LogP contribution >= 0.6 is 0 Å². The van der Waals surface area contributed by atoms with Gasteiger partial charge >= 0.3 is 0 Å². The standard InChI is InChI=1S/C7H13O/c1-4-7(5-2)6(3)8/h4,6,8H,3,5H2,1-2H3. The zero-order valence-electron chi connectivity index (χ0n) is 5.52. The fraction of sp³-hybridized carbons (Fsp3) is 0.571. The summed E-state index contributed by atoms with van der Waals surface area (Å²) >= 11 is 0. The third kappa shape index (κ3) is 2.12. The number of hydrogen-bond donors (Lipinski definition) is 1. The van der Waals surface area contributed by atoms with Gasteiger partial charge in [0, 0.05) is 0 Å². The Morgan fingerprint density at radius 1 is 1.88 bits per heavy atom. The first-order valence-corrected chi connectivity index (χ1v) is 2.88. The molecule has 1 atom stereocenters. The predicted octanol–water partition coefficient (Wildman–Crippen LogP) is 1.54. The van der Waals surface area contributed by atoms with Crippen LogP contribution in [0.25, 0.3) is 0 Å². The van der Waals surface area contributed by atoms with E-state index < -0.39 is 6.10 Å². The molecule has 0 saturated carbocycles. The highest BCUT2D eigenvalue weighted by molar-refractivity contribution is 5.06. The molecule has 0 aromatic heterocycles. The van der Waals surface area contributed by atoms with Gasteiger partial charge in [-0.05, 0) is 25.8 Å². The Bertz CT molecular complexity index is 82.4. The molecule has 0 aromatic rings. The minimum atomic E-state index is -0.509. The van der Waals surface area contributed by atoms with Crippen molar-refractivity contribution >= 4 is 0 Å². The highest BCUT2D eigenvalue weighted by Crippen LogP contribution is 2.04. The van der Waals surface area contributed by atoms with Crippen LogP contribution in [0.3, 0.4) is 0 Å². The van der Waals surface area contributed by atoms with Crippen molar-refractivity contribution in [2.75, 3.05) is 0 Å². The lowest BCUT2D eigenvalue weighted by Gasteiger charge is -2.04. The largest absolute Gasteiger partial charge is 0.389 e. The minimum Gasteiger partial charge on any atom is -0.389 e. The number of hydrogen-bond acceptors (Lipinski definition) is 1. The second kappa shape index (κ2) is 3.67. The molecule has 0 aliphatic rings. The molecule has 1 radical (unpaired) electrons. The Morgan fingerprint density at radius 3 is 2.38 bits per heavy atom. The first-order valence-electron chi connectivity index (χ1n) is 2.88. The average molecular weight is 113 g/mol. The van der Waals surface area contributed by atoms with Gasteiger partial charge in [0.25, 0.3) is 0 Å². The van der Waals surface area contributed by atoms with Crippen LogP contribution in [0.5, 0.6) is 0 Å². The fourth-order valence-corrected chi connectivity index (χ4v) is 0.632. The zero-order chi connectivity index (χ0) is 6.57. The van der Waals surface area contributed by atoms with Crippen molar-refractivity contribution < 1.29 is 5.11 Å². The van der Waals surface area contributed by atoms with E-state index in [1.165, 1.54) is 0 Å². The summed E-state index contributed by atoms with van der Waals surface area (Å²) in [6.07, 6.45) is 2.28. The first kappa shape index (κ1) is 7.70. The van der Waals surface area contributed by atoms with Crippen LogP contribution in [0.15, 0.2) is 11.6 Å². The maximum absolute atomic E-state index is 8.83. The van der Waals surface area contributed by atoms with Gasteiger partial charge in [-0.25, -0.2) is 0 Å². The third-order valence-corrected chi connectivity index (χ3v) is 1.21. The second-order valence-electron chi connectivity index (χ2n) is 1.73. The van der Waals surface area contributed by atoms with Gasteiger partial charge in [-0.2, -0.15) is 0 Å². The molecule has 0 aliphatic heterocycles. The van der Waals surface area contributed by atoms with Crippen LogP contribution in [0.2, 0.25) is 0 Å². The van der Waals surface area contributed by atoms with Gasteiger partial charge < -0.3 is 5.11 Å². The van der Waals surface area contributed by atoms with Crippen LogP contribution in [-0.4, -0.2) is 11.2 Å². The van der Waals surface area contributed by atoms with Gasteiger partial charge in [-0.15, -0.1) is 0 Å². The summed E-state index contributed by atoms with van der Waals surface area (Å²) in [6.45, 7) is 7.38. The zero-order valence-corrected chi connectivity index (χ0v) is 5.52. The fourth-order valence-electron chi connectivity index (χ4n) is 0.632. The predicted molar refractivity (Wildman–Crippen MR) is 35.4 cm³/mol. The minimum absolute atomic E-state index is 0.509. The van der Waals surface area contributed by atoms with Crippen molar-refractivity contribution in [3.8, 4) is 0 Å². The van der Waals surface area contributed by atoms with Crippen molar-refractivity contribution in [1.82, 2.24) is 0 Å². The molecular formula is C7H13O. The van der Waals surface area contributed by atoms with Crippen molar-refractivity contribution in [3.63, 3.8) is 0 Å². The molecule has 0 bridgehead atoms. The molecule has 0 aliphatic carbocycles. The second-order valence-corrected chi connectivity index (χ2v) is 1.73. The van der Waals surface area contributed by atoms with Crippen molar-refractivity contribution in [2.45, 2.75) is 26.4 Å². The molecule has 0 spiro atoms. The Kier molecular flexibility index (Phi) is 3.53. The quantitative estimate of drug-likeness (QED) is 0.538. The number of aliphatic hydroxyl groups is 1. The molecule has 1 heteroatoms.